The summed E-state index contributed by atoms with van der Waals surface area (Å²) in [7, 11) is 0. The van der Waals surface area contributed by atoms with E-state index in [1.165, 1.54) is 24.2 Å². The summed E-state index contributed by atoms with van der Waals surface area (Å²) in [5.41, 5.74) is 0.867. The second-order valence-corrected chi connectivity index (χ2v) is 5.20. The van der Waals surface area contributed by atoms with E-state index in [0.29, 0.717) is 5.33 Å². The molecule has 1 aliphatic heterocycles. The van der Waals surface area contributed by atoms with Crippen LogP contribution < -0.4 is 4.90 Å². The molecule has 1 aromatic rings. The van der Waals surface area contributed by atoms with Crippen molar-refractivity contribution in [2.75, 3.05) is 23.3 Å². The fourth-order valence-corrected chi connectivity index (χ4v) is 3.27. The molecule has 5 heteroatoms. The summed E-state index contributed by atoms with van der Waals surface area (Å²) in [5.74, 6) is 0.135. The van der Waals surface area contributed by atoms with E-state index in [2.05, 4.69) is 25.8 Å². The van der Waals surface area contributed by atoms with Gasteiger partial charge in [-0.25, -0.2) is 4.98 Å². The number of ketones is 1. The van der Waals surface area contributed by atoms with Crippen LogP contribution in [0.2, 0.25) is 0 Å². The van der Waals surface area contributed by atoms with Crippen LogP contribution in [-0.2, 0) is 0 Å². The molecule has 0 radical (unpaired) electrons. The summed E-state index contributed by atoms with van der Waals surface area (Å²) in [6.45, 7) is 4.07. The van der Waals surface area contributed by atoms with E-state index < -0.39 is 0 Å². The normalized spacial score (nSPS) is 16.0. The number of rotatable bonds is 3. The zero-order chi connectivity index (χ0) is 10.8. The van der Waals surface area contributed by atoms with Crippen molar-refractivity contribution >= 4 is 38.2 Å². The van der Waals surface area contributed by atoms with Gasteiger partial charge in [0.15, 0.2) is 10.9 Å². The van der Waals surface area contributed by atoms with Crippen LogP contribution in [0.5, 0.6) is 0 Å². The summed E-state index contributed by atoms with van der Waals surface area (Å²) in [5, 5.41) is 1.39. The molecule has 1 aliphatic rings. The minimum Gasteiger partial charge on any atom is -0.348 e. The highest BCUT2D eigenvalue weighted by molar-refractivity contribution is 9.09. The molecule has 1 aromatic heterocycles. The molecule has 0 aromatic carbocycles. The van der Waals surface area contributed by atoms with Crippen molar-refractivity contribution < 1.29 is 4.79 Å². The van der Waals surface area contributed by atoms with Gasteiger partial charge in [-0.15, -0.1) is 0 Å². The first-order valence-electron chi connectivity index (χ1n) is 5.04. The minimum absolute atomic E-state index is 0.135. The van der Waals surface area contributed by atoms with Crippen molar-refractivity contribution in [3.63, 3.8) is 0 Å². The van der Waals surface area contributed by atoms with Crippen molar-refractivity contribution in [2.24, 2.45) is 0 Å². The first-order valence-corrected chi connectivity index (χ1v) is 6.97. The molecule has 15 heavy (non-hydrogen) atoms. The van der Waals surface area contributed by atoms with Crippen LogP contribution in [0.1, 0.15) is 28.2 Å². The van der Waals surface area contributed by atoms with Gasteiger partial charge in [-0.1, -0.05) is 27.3 Å². The van der Waals surface area contributed by atoms with Crippen LogP contribution in [0.4, 0.5) is 5.13 Å². The molecule has 0 bridgehead atoms. The average Bonchev–Trinajstić information content (AvgIpc) is 2.84. The lowest BCUT2D eigenvalue weighted by Crippen LogP contribution is -2.17. The van der Waals surface area contributed by atoms with Gasteiger partial charge in [-0.3, -0.25) is 4.79 Å². The van der Waals surface area contributed by atoms with Gasteiger partial charge in [0.1, 0.15) is 0 Å². The highest BCUT2D eigenvalue weighted by atomic mass is 79.9. The van der Waals surface area contributed by atoms with E-state index in [-0.39, 0.29) is 5.78 Å². The van der Waals surface area contributed by atoms with Crippen molar-refractivity contribution in [1.29, 1.82) is 0 Å². The number of aryl methyl sites for hydroxylation is 1. The van der Waals surface area contributed by atoms with Gasteiger partial charge in [0, 0.05) is 13.1 Å². The number of Topliss-reactive ketones (excluding diaryl/α,β-unsaturated/α-hetero) is 1. The number of carbonyl (C=O) groups is 1. The van der Waals surface area contributed by atoms with Gasteiger partial charge in [-0.05, 0) is 19.8 Å². The molecule has 2 rings (SSSR count). The predicted molar refractivity (Wildman–Crippen MR) is 66.4 cm³/mol. The van der Waals surface area contributed by atoms with Crippen LogP contribution in [0.25, 0.3) is 0 Å². The maximum absolute atomic E-state index is 11.6. The van der Waals surface area contributed by atoms with Crippen LogP contribution in [-0.4, -0.2) is 29.2 Å². The molecule has 0 amide bonds. The highest BCUT2D eigenvalue weighted by Gasteiger charge is 2.20. The number of alkyl halides is 1. The Morgan fingerprint density at radius 3 is 2.80 bits per heavy atom. The van der Waals surface area contributed by atoms with Gasteiger partial charge in [0.2, 0.25) is 0 Å². The molecule has 0 spiro atoms. The Morgan fingerprint density at radius 1 is 1.53 bits per heavy atom. The molecule has 0 saturated carbocycles. The smallest absolute Gasteiger partial charge is 0.186 e. The third kappa shape index (κ3) is 2.23. The maximum Gasteiger partial charge on any atom is 0.186 e. The van der Waals surface area contributed by atoms with E-state index in [1.807, 2.05) is 6.92 Å². The van der Waals surface area contributed by atoms with Gasteiger partial charge >= 0.3 is 0 Å². The number of halogens is 1. The summed E-state index contributed by atoms with van der Waals surface area (Å²) >= 11 is 4.72. The molecule has 82 valence electrons. The third-order valence-corrected chi connectivity index (χ3v) is 4.31. The summed E-state index contributed by atoms with van der Waals surface area (Å²) < 4.78 is 0. The predicted octanol–water partition coefficient (Wildman–Crippen LogP) is 2.63. The van der Waals surface area contributed by atoms with E-state index in [4.69, 9.17) is 0 Å². The Morgan fingerprint density at radius 2 is 2.20 bits per heavy atom. The van der Waals surface area contributed by atoms with Gasteiger partial charge in [0.25, 0.3) is 0 Å². The number of aromatic nitrogens is 1. The lowest BCUT2D eigenvalue weighted by molar-refractivity contribution is 0.102. The van der Waals surface area contributed by atoms with Crippen molar-refractivity contribution in [3.05, 3.63) is 10.6 Å². The Hall–Kier alpha value is -0.420. The summed E-state index contributed by atoms with van der Waals surface area (Å²) in [6, 6.07) is 0. The second kappa shape index (κ2) is 4.61. The van der Waals surface area contributed by atoms with E-state index in [9.17, 15) is 4.79 Å². The molecule has 0 aliphatic carbocycles. The number of carbonyl (C=O) groups excluding carboxylic acids is 1. The van der Waals surface area contributed by atoms with Crippen LogP contribution in [0.15, 0.2) is 0 Å². The first-order chi connectivity index (χ1) is 7.22. The van der Waals surface area contributed by atoms with Crippen LogP contribution in [0.3, 0.4) is 0 Å². The quantitative estimate of drug-likeness (QED) is 0.633. The van der Waals surface area contributed by atoms with Gasteiger partial charge < -0.3 is 4.90 Å². The topological polar surface area (TPSA) is 33.2 Å². The standard InChI is InChI=1S/C10H13BrN2OS/c1-7-9(8(14)6-11)15-10(12-7)13-4-2-3-5-13/h2-6H2,1H3. The second-order valence-electron chi connectivity index (χ2n) is 3.66. The molecular weight excluding hydrogens is 276 g/mol. The molecule has 2 heterocycles. The van der Waals surface area contributed by atoms with Crippen molar-refractivity contribution in [2.45, 2.75) is 19.8 Å². The highest BCUT2D eigenvalue weighted by Crippen LogP contribution is 2.29. The zero-order valence-corrected chi connectivity index (χ0v) is 11.0. The number of hydrogen-bond donors (Lipinski definition) is 0. The monoisotopic (exact) mass is 288 g/mol. The fraction of sp³-hybridized carbons (Fsp3) is 0.600. The molecule has 0 unspecified atom stereocenters. The number of hydrogen-bond acceptors (Lipinski definition) is 4. The molecule has 3 nitrogen and oxygen atoms in total. The van der Waals surface area contributed by atoms with E-state index >= 15 is 0 Å². The molecule has 0 atom stereocenters. The largest absolute Gasteiger partial charge is 0.348 e. The Bertz CT molecular complexity index is 371. The van der Waals surface area contributed by atoms with Gasteiger partial charge in [0.05, 0.1) is 15.9 Å². The Balaban J connectivity index is 2.23. The van der Waals surface area contributed by atoms with Crippen LogP contribution in [0, 0.1) is 6.92 Å². The SMILES string of the molecule is Cc1nc(N2CCCC2)sc1C(=O)CBr. The zero-order valence-electron chi connectivity index (χ0n) is 8.62. The van der Waals surface area contributed by atoms with Gasteiger partial charge in [-0.2, -0.15) is 0 Å². The lowest BCUT2D eigenvalue weighted by Gasteiger charge is -2.11. The molecule has 1 saturated heterocycles. The maximum atomic E-state index is 11.6. The first kappa shape index (κ1) is 11.1. The molecule has 1 fully saturated rings. The molecular formula is C10H13BrN2OS. The number of anilines is 1. The summed E-state index contributed by atoms with van der Waals surface area (Å²) in [6.07, 6.45) is 2.47. The lowest BCUT2D eigenvalue weighted by atomic mass is 10.3. The van der Waals surface area contributed by atoms with Crippen molar-refractivity contribution in [1.82, 2.24) is 4.98 Å². The Kier molecular flexibility index (Phi) is 3.41. The summed E-state index contributed by atoms with van der Waals surface area (Å²) in [4.78, 5) is 19.1. The third-order valence-electron chi connectivity index (χ3n) is 2.54. The number of thiazole rings is 1. The average molecular weight is 289 g/mol. The molecule has 0 N–H and O–H groups in total. The Labute approximate surface area is 102 Å². The van der Waals surface area contributed by atoms with Crippen LogP contribution >= 0.6 is 27.3 Å². The minimum atomic E-state index is 0.135. The van der Waals surface area contributed by atoms with Crippen molar-refractivity contribution in [3.8, 4) is 0 Å². The van der Waals surface area contributed by atoms with E-state index in [0.717, 1.165) is 28.8 Å². The van der Waals surface area contributed by atoms with E-state index in [1.54, 1.807) is 0 Å². The number of nitrogens with zero attached hydrogens (tertiary/aromatic N) is 2. The fourth-order valence-electron chi connectivity index (χ4n) is 1.75.